The van der Waals surface area contributed by atoms with Crippen LogP contribution in [0.15, 0.2) is 24.0 Å². The van der Waals surface area contributed by atoms with Crippen molar-refractivity contribution >= 4 is 58.0 Å². The Bertz CT molecular complexity index is 434. The lowest BCUT2D eigenvalue weighted by molar-refractivity contribution is 0.476. The maximum atomic E-state index is 9.20. The third-order valence-corrected chi connectivity index (χ3v) is 3.83. The first-order chi connectivity index (χ1) is 10.0. The minimum Gasteiger partial charge on any atom is -0.505 e. The van der Waals surface area contributed by atoms with E-state index in [4.69, 9.17) is 92.4 Å². The zero-order valence-corrected chi connectivity index (χ0v) is 14.7. The molecule has 12 heteroatoms. The molecule has 0 aliphatic heterocycles. The van der Waals surface area contributed by atoms with Crippen LogP contribution in [0.25, 0.3) is 0 Å². The van der Waals surface area contributed by atoms with Gasteiger partial charge in [0.1, 0.15) is 21.7 Å². The van der Waals surface area contributed by atoms with Gasteiger partial charge in [0, 0.05) is 12.4 Å². The summed E-state index contributed by atoms with van der Waals surface area (Å²) in [5.41, 5.74) is 28.7. The van der Waals surface area contributed by atoms with E-state index in [0.717, 1.165) is 12.4 Å². The van der Waals surface area contributed by atoms with Crippen LogP contribution in [-0.4, -0.2) is 5.11 Å². The SMILES string of the molecule is NC=C(N)N.NC=C(N)N.Oc1c(Cl)c(Cl)c(Cl)c(Cl)c1Cl. The highest BCUT2D eigenvalue weighted by atomic mass is 35.5. The van der Waals surface area contributed by atoms with Crippen LogP contribution in [0.1, 0.15) is 0 Å². The summed E-state index contributed by atoms with van der Waals surface area (Å²) in [5, 5.41) is 9.01. The molecule has 0 saturated heterocycles. The monoisotopic (exact) mass is 410 g/mol. The van der Waals surface area contributed by atoms with Crippen molar-refractivity contribution in [2.45, 2.75) is 0 Å². The van der Waals surface area contributed by atoms with Crippen molar-refractivity contribution in [1.29, 1.82) is 0 Å². The Morgan fingerprint density at radius 2 is 0.818 bits per heavy atom. The fourth-order valence-electron chi connectivity index (χ4n) is 0.593. The number of halogens is 5. The zero-order valence-electron chi connectivity index (χ0n) is 11.0. The van der Waals surface area contributed by atoms with E-state index in [1.165, 1.54) is 0 Å². The molecule has 0 aliphatic rings. The van der Waals surface area contributed by atoms with Gasteiger partial charge in [0.2, 0.25) is 0 Å². The molecule has 0 aromatic heterocycles. The van der Waals surface area contributed by atoms with E-state index in [1.54, 1.807) is 0 Å². The van der Waals surface area contributed by atoms with Crippen molar-refractivity contribution in [2.24, 2.45) is 34.4 Å². The highest BCUT2D eigenvalue weighted by Gasteiger charge is 2.18. The second-order valence-electron chi connectivity index (χ2n) is 3.25. The van der Waals surface area contributed by atoms with Crippen LogP contribution >= 0.6 is 58.0 Å². The summed E-state index contributed by atoms with van der Waals surface area (Å²) in [5.74, 6) is -0.0484. The minimum absolute atomic E-state index is 0.00904. The van der Waals surface area contributed by atoms with E-state index in [2.05, 4.69) is 0 Å². The van der Waals surface area contributed by atoms with Crippen molar-refractivity contribution in [3.63, 3.8) is 0 Å². The molecule has 0 spiro atoms. The summed E-state index contributed by atoms with van der Waals surface area (Å²) in [7, 11) is 0. The van der Waals surface area contributed by atoms with Gasteiger partial charge in [0.25, 0.3) is 0 Å². The lowest BCUT2D eigenvalue weighted by Crippen LogP contribution is -2.09. The van der Waals surface area contributed by atoms with Crippen molar-refractivity contribution in [3.05, 3.63) is 49.2 Å². The van der Waals surface area contributed by atoms with Crippen LogP contribution in [0.4, 0.5) is 0 Å². The Kier molecular flexibility index (Phi) is 11.9. The van der Waals surface area contributed by atoms with Gasteiger partial charge in [-0.15, -0.1) is 0 Å². The van der Waals surface area contributed by atoms with Gasteiger partial charge in [-0.3, -0.25) is 0 Å². The molecule has 0 bridgehead atoms. The van der Waals surface area contributed by atoms with Crippen molar-refractivity contribution < 1.29 is 5.11 Å². The maximum Gasteiger partial charge on any atom is 0.155 e. The average Bonchev–Trinajstić information content (AvgIpc) is 2.50. The van der Waals surface area contributed by atoms with E-state index in [1.807, 2.05) is 0 Å². The first kappa shape index (κ1) is 23.0. The van der Waals surface area contributed by atoms with Crippen molar-refractivity contribution in [1.82, 2.24) is 0 Å². The van der Waals surface area contributed by atoms with Crippen LogP contribution in [-0.2, 0) is 0 Å². The van der Waals surface area contributed by atoms with E-state index < -0.39 is 0 Å². The number of benzene rings is 1. The van der Waals surface area contributed by atoms with E-state index in [-0.39, 0.29) is 42.5 Å². The largest absolute Gasteiger partial charge is 0.505 e. The van der Waals surface area contributed by atoms with Crippen LogP contribution in [0.2, 0.25) is 25.1 Å². The van der Waals surface area contributed by atoms with E-state index >= 15 is 0 Å². The summed E-state index contributed by atoms with van der Waals surface area (Å²) in [6.45, 7) is 0. The van der Waals surface area contributed by atoms with E-state index in [9.17, 15) is 5.11 Å². The van der Waals surface area contributed by atoms with Crippen LogP contribution in [0, 0.1) is 0 Å². The molecule has 13 N–H and O–H groups in total. The zero-order chi connectivity index (χ0) is 18.0. The molecule has 0 unspecified atom stereocenters. The van der Waals surface area contributed by atoms with Gasteiger partial charge in [-0.2, -0.15) is 0 Å². The molecule has 0 aliphatic carbocycles. The number of nitrogens with two attached hydrogens (primary N) is 6. The molecule has 0 heterocycles. The van der Waals surface area contributed by atoms with Gasteiger partial charge in [-0.05, 0) is 0 Å². The standard InChI is InChI=1S/C6HCl5O.2C2H7N3/c7-1-2(8)4(10)6(12)5(11)3(1)9;2*3-1-2(4)5/h12H;2*1H,3-5H2. The molecule has 126 valence electrons. The quantitative estimate of drug-likeness (QED) is 0.251. The second-order valence-corrected chi connectivity index (χ2v) is 5.14. The van der Waals surface area contributed by atoms with Gasteiger partial charge < -0.3 is 39.5 Å². The summed E-state index contributed by atoms with van der Waals surface area (Å²) in [6, 6.07) is 0. The van der Waals surface area contributed by atoms with E-state index in [0.29, 0.717) is 0 Å². The molecule has 22 heavy (non-hydrogen) atoms. The van der Waals surface area contributed by atoms with Crippen LogP contribution < -0.4 is 34.4 Å². The Hall–Kier alpha value is -1.25. The number of hydrogen-bond acceptors (Lipinski definition) is 7. The number of phenolic OH excluding ortho intramolecular Hbond substituents is 1. The molecular formula is C10H15Cl5N6O. The first-order valence-corrected chi connectivity index (χ1v) is 6.96. The number of aromatic hydroxyl groups is 1. The predicted octanol–water partition coefficient (Wildman–Crippen LogP) is 1.98. The smallest absolute Gasteiger partial charge is 0.155 e. The lowest BCUT2D eigenvalue weighted by atomic mass is 10.3. The van der Waals surface area contributed by atoms with Gasteiger partial charge in [-0.1, -0.05) is 58.0 Å². The third-order valence-electron chi connectivity index (χ3n) is 1.57. The van der Waals surface area contributed by atoms with Crippen LogP contribution in [0.5, 0.6) is 5.75 Å². The predicted molar refractivity (Wildman–Crippen MR) is 94.4 cm³/mol. The topological polar surface area (TPSA) is 176 Å². The maximum absolute atomic E-state index is 9.20. The van der Waals surface area contributed by atoms with Gasteiger partial charge in [-0.25, -0.2) is 0 Å². The summed E-state index contributed by atoms with van der Waals surface area (Å²) >= 11 is 27.9. The molecular weight excluding hydrogens is 397 g/mol. The van der Waals surface area contributed by atoms with Gasteiger partial charge in [0.05, 0.1) is 15.1 Å². The van der Waals surface area contributed by atoms with Crippen LogP contribution in [0.3, 0.4) is 0 Å². The minimum atomic E-state index is -0.363. The molecule has 0 radical (unpaired) electrons. The van der Waals surface area contributed by atoms with Gasteiger partial charge in [0.15, 0.2) is 5.75 Å². The Balaban J connectivity index is 0. The summed E-state index contributed by atoms with van der Waals surface area (Å²) in [6.07, 6.45) is 2.28. The highest BCUT2D eigenvalue weighted by Crippen LogP contribution is 2.47. The Labute approximate surface area is 152 Å². The second kappa shape index (κ2) is 11.3. The summed E-state index contributed by atoms with van der Waals surface area (Å²) < 4.78 is 0. The summed E-state index contributed by atoms with van der Waals surface area (Å²) in [4.78, 5) is 0. The molecule has 1 aromatic rings. The number of rotatable bonds is 0. The van der Waals surface area contributed by atoms with Gasteiger partial charge >= 0.3 is 0 Å². The fourth-order valence-corrected chi connectivity index (χ4v) is 1.72. The third kappa shape index (κ3) is 8.26. The molecule has 1 rings (SSSR count). The molecule has 0 atom stereocenters. The molecule has 7 nitrogen and oxygen atoms in total. The van der Waals surface area contributed by atoms with Crippen molar-refractivity contribution in [2.75, 3.05) is 0 Å². The first-order valence-electron chi connectivity index (χ1n) is 5.07. The molecule has 0 saturated carbocycles. The Morgan fingerprint density at radius 1 is 0.636 bits per heavy atom. The number of hydrogen-bond donors (Lipinski definition) is 7. The average molecular weight is 413 g/mol. The fraction of sp³-hybridized carbons (Fsp3) is 0. The van der Waals surface area contributed by atoms with Crippen molar-refractivity contribution in [3.8, 4) is 5.75 Å². The molecule has 0 fully saturated rings. The highest BCUT2D eigenvalue weighted by molar-refractivity contribution is 6.55. The normalized spacial score (nSPS) is 8.59. The lowest BCUT2D eigenvalue weighted by Gasteiger charge is -2.06. The Morgan fingerprint density at radius 3 is 1.00 bits per heavy atom. The molecule has 0 amide bonds. The molecule has 1 aromatic carbocycles. The number of phenols is 1.